The van der Waals surface area contributed by atoms with E-state index in [-0.39, 0.29) is 0 Å². The van der Waals surface area contributed by atoms with Gasteiger partial charge in [0.2, 0.25) is 0 Å². The summed E-state index contributed by atoms with van der Waals surface area (Å²) in [4.78, 5) is 4.10. The summed E-state index contributed by atoms with van der Waals surface area (Å²) < 4.78 is 5.03. The van der Waals surface area contributed by atoms with Crippen LogP contribution in [0.25, 0.3) is 6.08 Å². The first-order valence-corrected chi connectivity index (χ1v) is 3.73. The van der Waals surface area contributed by atoms with E-state index in [1.54, 1.807) is 19.4 Å². The predicted octanol–water partition coefficient (Wildman–Crippen LogP) is 1.06. The molecule has 1 aromatic rings. The third-order valence-electron chi connectivity index (χ3n) is 1.41. The molecule has 0 atom stereocenters. The summed E-state index contributed by atoms with van der Waals surface area (Å²) in [6.07, 6.45) is 5.42. The Labute approximate surface area is 71.9 Å². The van der Waals surface area contributed by atoms with Crippen LogP contribution in [0.15, 0.2) is 24.4 Å². The van der Waals surface area contributed by atoms with E-state index in [1.165, 1.54) is 0 Å². The van der Waals surface area contributed by atoms with Crippen molar-refractivity contribution in [2.45, 2.75) is 0 Å². The van der Waals surface area contributed by atoms with Gasteiger partial charge in [0.15, 0.2) is 0 Å². The molecule has 64 valence electrons. The number of methoxy groups -OCH3 is 1. The van der Waals surface area contributed by atoms with Gasteiger partial charge < -0.3 is 10.5 Å². The monoisotopic (exact) mass is 164 g/mol. The molecule has 0 bridgehead atoms. The summed E-state index contributed by atoms with van der Waals surface area (Å²) in [6, 6.07) is 3.66. The smallest absolute Gasteiger partial charge is 0.122 e. The summed E-state index contributed by atoms with van der Waals surface area (Å²) in [5.74, 6) is 0.807. The minimum Gasteiger partial charge on any atom is -0.497 e. The molecule has 0 saturated heterocycles. The van der Waals surface area contributed by atoms with E-state index in [0.717, 1.165) is 11.4 Å². The van der Waals surface area contributed by atoms with Crippen molar-refractivity contribution in [3.05, 3.63) is 30.1 Å². The summed E-state index contributed by atoms with van der Waals surface area (Å²) >= 11 is 0. The van der Waals surface area contributed by atoms with Gasteiger partial charge in [-0.25, -0.2) is 0 Å². The van der Waals surface area contributed by atoms with Gasteiger partial charge in [-0.15, -0.1) is 0 Å². The number of ether oxygens (including phenoxy) is 1. The van der Waals surface area contributed by atoms with Crippen molar-refractivity contribution in [1.29, 1.82) is 0 Å². The van der Waals surface area contributed by atoms with E-state index in [0.29, 0.717) is 6.54 Å². The molecule has 1 rings (SSSR count). The second-order valence-electron chi connectivity index (χ2n) is 2.26. The Morgan fingerprint density at radius 3 is 3.17 bits per heavy atom. The van der Waals surface area contributed by atoms with Crippen molar-refractivity contribution in [3.63, 3.8) is 0 Å². The minimum absolute atomic E-state index is 0.527. The van der Waals surface area contributed by atoms with E-state index < -0.39 is 0 Å². The largest absolute Gasteiger partial charge is 0.497 e. The Morgan fingerprint density at radius 2 is 2.50 bits per heavy atom. The lowest BCUT2D eigenvalue weighted by Crippen LogP contribution is -1.92. The molecule has 0 aliphatic carbocycles. The van der Waals surface area contributed by atoms with Crippen LogP contribution in [0.4, 0.5) is 0 Å². The lowest BCUT2D eigenvalue weighted by atomic mass is 10.3. The molecule has 3 heteroatoms. The van der Waals surface area contributed by atoms with E-state index in [9.17, 15) is 0 Å². The number of nitrogens with two attached hydrogens (primary N) is 1. The molecule has 1 heterocycles. The van der Waals surface area contributed by atoms with Crippen molar-refractivity contribution in [2.75, 3.05) is 13.7 Å². The van der Waals surface area contributed by atoms with E-state index in [2.05, 4.69) is 4.98 Å². The highest BCUT2D eigenvalue weighted by atomic mass is 16.5. The fourth-order valence-corrected chi connectivity index (χ4v) is 0.835. The van der Waals surface area contributed by atoms with Crippen LogP contribution in [0.3, 0.4) is 0 Å². The van der Waals surface area contributed by atoms with Gasteiger partial charge in [-0.05, 0) is 12.1 Å². The highest BCUT2D eigenvalue weighted by Gasteiger charge is 1.91. The van der Waals surface area contributed by atoms with Crippen molar-refractivity contribution in [1.82, 2.24) is 4.98 Å². The number of hydrogen-bond donors (Lipinski definition) is 1. The lowest BCUT2D eigenvalue weighted by molar-refractivity contribution is 0.414. The molecule has 0 saturated carbocycles. The molecule has 0 amide bonds. The van der Waals surface area contributed by atoms with Gasteiger partial charge in [0.05, 0.1) is 12.8 Å². The Balaban J connectivity index is 2.79. The second kappa shape index (κ2) is 4.51. The number of nitrogens with zero attached hydrogens (tertiary/aromatic N) is 1. The standard InChI is InChI=1S/C9H12N2O/c1-12-9-4-6-11-8(7-9)3-2-5-10/h2-4,6-7H,5,10H2,1H3/b3-2+. The van der Waals surface area contributed by atoms with Crippen LogP contribution in [0, 0.1) is 0 Å². The van der Waals surface area contributed by atoms with E-state index in [1.807, 2.05) is 18.2 Å². The maximum Gasteiger partial charge on any atom is 0.122 e. The number of pyridine rings is 1. The fourth-order valence-electron chi connectivity index (χ4n) is 0.835. The lowest BCUT2D eigenvalue weighted by Gasteiger charge is -1.98. The Kier molecular flexibility index (Phi) is 3.29. The average molecular weight is 164 g/mol. The van der Waals surface area contributed by atoms with Crippen LogP contribution < -0.4 is 10.5 Å². The Morgan fingerprint density at radius 1 is 1.67 bits per heavy atom. The topological polar surface area (TPSA) is 48.1 Å². The molecule has 0 fully saturated rings. The van der Waals surface area contributed by atoms with Crippen LogP contribution in [-0.4, -0.2) is 18.6 Å². The fraction of sp³-hybridized carbons (Fsp3) is 0.222. The van der Waals surface area contributed by atoms with Gasteiger partial charge in [0.1, 0.15) is 5.75 Å². The SMILES string of the molecule is COc1ccnc(/C=C/CN)c1. The summed E-state index contributed by atoms with van der Waals surface area (Å²) in [7, 11) is 1.63. The quantitative estimate of drug-likeness (QED) is 0.726. The average Bonchev–Trinajstić information content (AvgIpc) is 2.15. The Bertz CT molecular complexity index is 271. The molecule has 1 aromatic heterocycles. The first-order valence-electron chi connectivity index (χ1n) is 3.73. The zero-order valence-electron chi connectivity index (χ0n) is 7.03. The molecule has 12 heavy (non-hydrogen) atoms. The van der Waals surface area contributed by atoms with Crippen LogP contribution in [0.2, 0.25) is 0 Å². The number of hydrogen-bond acceptors (Lipinski definition) is 3. The third-order valence-corrected chi connectivity index (χ3v) is 1.41. The van der Waals surface area contributed by atoms with Gasteiger partial charge >= 0.3 is 0 Å². The van der Waals surface area contributed by atoms with Crippen molar-refractivity contribution in [2.24, 2.45) is 5.73 Å². The molecular formula is C9H12N2O. The van der Waals surface area contributed by atoms with Crippen LogP contribution >= 0.6 is 0 Å². The van der Waals surface area contributed by atoms with Crippen molar-refractivity contribution in [3.8, 4) is 5.75 Å². The molecule has 0 aliphatic rings. The summed E-state index contributed by atoms with van der Waals surface area (Å²) in [5.41, 5.74) is 6.16. The van der Waals surface area contributed by atoms with Crippen LogP contribution in [0.5, 0.6) is 5.75 Å². The summed E-state index contributed by atoms with van der Waals surface area (Å²) in [5, 5.41) is 0. The molecular weight excluding hydrogens is 152 g/mol. The normalized spacial score (nSPS) is 10.5. The maximum atomic E-state index is 5.30. The van der Waals surface area contributed by atoms with Gasteiger partial charge in [-0.1, -0.05) is 6.08 Å². The van der Waals surface area contributed by atoms with Gasteiger partial charge in [0.25, 0.3) is 0 Å². The molecule has 0 unspecified atom stereocenters. The van der Waals surface area contributed by atoms with E-state index in [4.69, 9.17) is 10.5 Å². The molecule has 2 N–H and O–H groups in total. The third kappa shape index (κ3) is 2.36. The van der Waals surface area contributed by atoms with Gasteiger partial charge in [0, 0.05) is 18.8 Å². The number of aromatic nitrogens is 1. The molecule has 0 spiro atoms. The zero-order valence-corrected chi connectivity index (χ0v) is 7.03. The molecule has 0 aliphatic heterocycles. The molecule has 0 aromatic carbocycles. The first-order chi connectivity index (χ1) is 5.86. The van der Waals surface area contributed by atoms with Gasteiger partial charge in [-0.3, -0.25) is 4.98 Å². The van der Waals surface area contributed by atoms with Crippen molar-refractivity contribution >= 4 is 6.08 Å². The Hall–Kier alpha value is -1.35. The minimum atomic E-state index is 0.527. The molecule has 3 nitrogen and oxygen atoms in total. The van der Waals surface area contributed by atoms with Gasteiger partial charge in [-0.2, -0.15) is 0 Å². The van der Waals surface area contributed by atoms with Crippen LogP contribution in [0.1, 0.15) is 5.69 Å². The predicted molar refractivity (Wildman–Crippen MR) is 48.9 cm³/mol. The van der Waals surface area contributed by atoms with E-state index >= 15 is 0 Å². The number of rotatable bonds is 3. The summed E-state index contributed by atoms with van der Waals surface area (Å²) in [6.45, 7) is 0.527. The zero-order chi connectivity index (χ0) is 8.81. The maximum absolute atomic E-state index is 5.30. The highest BCUT2D eigenvalue weighted by Crippen LogP contribution is 2.10. The first kappa shape index (κ1) is 8.74. The molecule has 0 radical (unpaired) electrons. The highest BCUT2D eigenvalue weighted by molar-refractivity contribution is 5.46. The van der Waals surface area contributed by atoms with Crippen LogP contribution in [-0.2, 0) is 0 Å². The van der Waals surface area contributed by atoms with Crippen molar-refractivity contribution < 1.29 is 4.74 Å². The second-order valence-corrected chi connectivity index (χ2v) is 2.26.